The van der Waals surface area contributed by atoms with Gasteiger partial charge in [0.15, 0.2) is 0 Å². The van der Waals surface area contributed by atoms with Crippen LogP contribution in [0, 0.1) is 6.92 Å². The fourth-order valence-electron chi connectivity index (χ4n) is 2.32. The molecule has 7 heteroatoms. The number of ether oxygens (including phenoxy) is 1. The number of benzene rings is 1. The largest absolute Gasteiger partial charge is 0.492 e. The molecule has 0 aliphatic rings. The number of hydrogen-bond donors (Lipinski definition) is 0. The van der Waals surface area contributed by atoms with Crippen molar-refractivity contribution in [1.29, 1.82) is 0 Å². The zero-order chi connectivity index (χ0) is 18.4. The summed E-state index contributed by atoms with van der Waals surface area (Å²) in [6.45, 7) is 3.01. The van der Waals surface area contributed by atoms with Crippen LogP contribution in [0.5, 0.6) is 5.75 Å². The number of rotatable bonds is 8. The summed E-state index contributed by atoms with van der Waals surface area (Å²) in [5, 5.41) is 11.9. The number of carbonyl (C=O) groups is 1. The van der Waals surface area contributed by atoms with E-state index in [1.807, 2.05) is 48.0 Å². The van der Waals surface area contributed by atoms with Crippen LogP contribution in [0.25, 0.3) is 11.5 Å². The molecular weight excluding hydrogens is 350 g/mol. The van der Waals surface area contributed by atoms with E-state index in [1.165, 1.54) is 5.56 Å². The molecule has 0 fully saturated rings. The van der Waals surface area contributed by atoms with Crippen LogP contribution in [-0.4, -0.2) is 41.2 Å². The second kappa shape index (κ2) is 8.62. The monoisotopic (exact) mass is 371 g/mol. The highest BCUT2D eigenvalue weighted by molar-refractivity contribution is 7.08. The number of likely N-dealkylation sites (N-methyl/N-ethyl adjacent to an activating group) is 1. The molecule has 0 N–H and O–H groups in total. The lowest BCUT2D eigenvalue weighted by Crippen LogP contribution is -2.31. The molecule has 6 nitrogen and oxygen atoms in total. The van der Waals surface area contributed by atoms with Gasteiger partial charge in [-0.2, -0.15) is 11.3 Å². The molecule has 1 amide bonds. The third-order valence-electron chi connectivity index (χ3n) is 3.93. The smallest absolute Gasteiger partial charge is 0.248 e. The molecule has 2 heterocycles. The first-order valence-corrected chi connectivity index (χ1v) is 9.34. The van der Waals surface area contributed by atoms with Gasteiger partial charge in [-0.1, -0.05) is 17.7 Å². The Kier molecular flexibility index (Phi) is 6.01. The minimum Gasteiger partial charge on any atom is -0.492 e. The standard InChI is InChI=1S/C19H21N3O3S/c1-14-3-5-16(6-4-14)24-11-10-22(2)18(23)8-7-17-20-21-19(25-17)15-9-12-26-13-15/h3-6,9,12-13H,7-8,10-11H2,1-2H3. The minimum atomic E-state index is 0.0211. The second-order valence-electron chi connectivity index (χ2n) is 5.99. The first kappa shape index (κ1) is 18.1. The zero-order valence-electron chi connectivity index (χ0n) is 14.8. The van der Waals surface area contributed by atoms with Gasteiger partial charge in [-0.3, -0.25) is 4.79 Å². The van der Waals surface area contributed by atoms with Crippen LogP contribution in [0.1, 0.15) is 17.9 Å². The van der Waals surface area contributed by atoms with E-state index in [0.29, 0.717) is 37.8 Å². The number of amides is 1. The predicted molar refractivity (Wildman–Crippen MR) is 100 cm³/mol. The van der Waals surface area contributed by atoms with Crippen LogP contribution in [0.15, 0.2) is 45.5 Å². The number of carbonyl (C=O) groups excluding carboxylic acids is 1. The molecule has 0 radical (unpaired) electrons. The third kappa shape index (κ3) is 4.92. The highest BCUT2D eigenvalue weighted by atomic mass is 32.1. The number of aromatic nitrogens is 2. The molecule has 0 saturated heterocycles. The molecule has 0 spiro atoms. The van der Waals surface area contributed by atoms with Crippen molar-refractivity contribution in [2.75, 3.05) is 20.2 Å². The first-order chi connectivity index (χ1) is 12.6. The topological polar surface area (TPSA) is 68.5 Å². The van der Waals surface area contributed by atoms with Gasteiger partial charge < -0.3 is 14.1 Å². The maximum Gasteiger partial charge on any atom is 0.248 e. The summed E-state index contributed by atoms with van der Waals surface area (Å²) in [6.07, 6.45) is 0.755. The van der Waals surface area contributed by atoms with Crippen molar-refractivity contribution in [3.8, 4) is 17.2 Å². The van der Waals surface area contributed by atoms with Gasteiger partial charge in [-0.25, -0.2) is 0 Å². The lowest BCUT2D eigenvalue weighted by atomic mass is 10.2. The van der Waals surface area contributed by atoms with Crippen LogP contribution in [0.2, 0.25) is 0 Å². The maximum absolute atomic E-state index is 12.2. The Bertz CT molecular complexity index is 828. The van der Waals surface area contributed by atoms with Gasteiger partial charge in [-0.15, -0.1) is 10.2 Å². The molecule has 2 aromatic heterocycles. The van der Waals surface area contributed by atoms with Crippen molar-refractivity contribution in [3.63, 3.8) is 0 Å². The Balaban J connectivity index is 1.40. The SMILES string of the molecule is Cc1ccc(OCCN(C)C(=O)CCc2nnc(-c3ccsc3)o2)cc1. The summed E-state index contributed by atoms with van der Waals surface area (Å²) in [7, 11) is 1.77. The second-order valence-corrected chi connectivity index (χ2v) is 6.77. The number of nitrogens with zero attached hydrogens (tertiary/aromatic N) is 3. The summed E-state index contributed by atoms with van der Waals surface area (Å²) in [6, 6.07) is 9.78. The van der Waals surface area contributed by atoms with Crippen molar-refractivity contribution in [2.45, 2.75) is 19.8 Å². The molecule has 26 heavy (non-hydrogen) atoms. The number of thiophene rings is 1. The highest BCUT2D eigenvalue weighted by Gasteiger charge is 2.13. The van der Waals surface area contributed by atoms with Crippen LogP contribution >= 0.6 is 11.3 Å². The first-order valence-electron chi connectivity index (χ1n) is 8.40. The molecule has 0 aliphatic heterocycles. The minimum absolute atomic E-state index is 0.0211. The lowest BCUT2D eigenvalue weighted by molar-refractivity contribution is -0.130. The van der Waals surface area contributed by atoms with Crippen molar-refractivity contribution >= 4 is 17.2 Å². The fourth-order valence-corrected chi connectivity index (χ4v) is 2.95. The van der Waals surface area contributed by atoms with E-state index >= 15 is 0 Å². The Labute approximate surface area is 156 Å². The van der Waals surface area contributed by atoms with Crippen molar-refractivity contribution in [1.82, 2.24) is 15.1 Å². The average Bonchev–Trinajstić information content (AvgIpc) is 3.32. The van der Waals surface area contributed by atoms with Crippen LogP contribution in [-0.2, 0) is 11.2 Å². The summed E-state index contributed by atoms with van der Waals surface area (Å²) in [4.78, 5) is 13.9. The van der Waals surface area contributed by atoms with Crippen LogP contribution in [0.3, 0.4) is 0 Å². The van der Waals surface area contributed by atoms with Crippen LogP contribution < -0.4 is 4.74 Å². The van der Waals surface area contributed by atoms with Gasteiger partial charge in [0.25, 0.3) is 0 Å². The van der Waals surface area contributed by atoms with E-state index < -0.39 is 0 Å². The quantitative estimate of drug-likeness (QED) is 0.605. The maximum atomic E-state index is 12.2. The molecule has 0 atom stereocenters. The van der Waals surface area contributed by atoms with Crippen molar-refractivity contribution in [3.05, 3.63) is 52.5 Å². The molecular formula is C19H21N3O3S. The molecule has 136 valence electrons. The normalized spacial score (nSPS) is 10.7. The molecule has 3 rings (SSSR count). The molecule has 0 unspecified atom stereocenters. The lowest BCUT2D eigenvalue weighted by Gasteiger charge is -2.17. The molecule has 1 aromatic carbocycles. The van der Waals surface area contributed by atoms with Crippen LogP contribution in [0.4, 0.5) is 0 Å². The van der Waals surface area contributed by atoms with Gasteiger partial charge in [0, 0.05) is 30.8 Å². The molecule has 0 saturated carbocycles. The van der Waals surface area contributed by atoms with E-state index in [9.17, 15) is 4.79 Å². The predicted octanol–water partition coefficient (Wildman–Crippen LogP) is 3.58. The summed E-state index contributed by atoms with van der Waals surface area (Å²) < 4.78 is 11.3. The summed E-state index contributed by atoms with van der Waals surface area (Å²) in [5.41, 5.74) is 2.10. The molecule has 3 aromatic rings. The molecule has 0 aliphatic carbocycles. The Morgan fingerprint density at radius 3 is 2.77 bits per heavy atom. The van der Waals surface area contributed by atoms with Gasteiger partial charge in [0.05, 0.1) is 6.54 Å². The zero-order valence-corrected chi connectivity index (χ0v) is 15.7. The van der Waals surface area contributed by atoms with E-state index in [4.69, 9.17) is 9.15 Å². The summed E-state index contributed by atoms with van der Waals surface area (Å²) in [5.74, 6) is 1.80. The van der Waals surface area contributed by atoms with Gasteiger partial charge in [0.1, 0.15) is 12.4 Å². The van der Waals surface area contributed by atoms with Gasteiger partial charge in [-0.05, 0) is 30.5 Å². The fraction of sp³-hybridized carbons (Fsp3) is 0.316. The van der Waals surface area contributed by atoms with E-state index in [1.54, 1.807) is 23.3 Å². The summed E-state index contributed by atoms with van der Waals surface area (Å²) >= 11 is 1.57. The van der Waals surface area contributed by atoms with Gasteiger partial charge >= 0.3 is 0 Å². The Hall–Kier alpha value is -2.67. The van der Waals surface area contributed by atoms with Crippen molar-refractivity contribution in [2.24, 2.45) is 0 Å². The average molecular weight is 371 g/mol. The Morgan fingerprint density at radius 2 is 2.04 bits per heavy atom. The van der Waals surface area contributed by atoms with E-state index in [2.05, 4.69) is 10.2 Å². The third-order valence-corrected chi connectivity index (χ3v) is 4.61. The van der Waals surface area contributed by atoms with E-state index in [0.717, 1.165) is 11.3 Å². The van der Waals surface area contributed by atoms with Crippen molar-refractivity contribution < 1.29 is 13.9 Å². The number of aryl methyl sites for hydroxylation is 2. The van der Waals surface area contributed by atoms with Gasteiger partial charge in [0.2, 0.25) is 17.7 Å². The molecule has 0 bridgehead atoms. The highest BCUT2D eigenvalue weighted by Crippen LogP contribution is 2.20. The Morgan fingerprint density at radius 1 is 1.23 bits per heavy atom. The number of hydrogen-bond acceptors (Lipinski definition) is 6. The van der Waals surface area contributed by atoms with E-state index in [-0.39, 0.29) is 5.91 Å².